The molecule has 0 saturated carbocycles. The minimum Gasteiger partial charge on any atom is -0.382 e. The molecule has 0 aliphatic carbocycles. The van der Waals surface area contributed by atoms with Crippen molar-refractivity contribution in [3.63, 3.8) is 0 Å². The standard InChI is InChI=1S/C9H6BrN5/c10-4-1-2-5-6(3-4)12-9(11)8-7(5)13-15-14-8/h1-3H,(H2,11,12)(H,13,14,15). The minimum absolute atomic E-state index is 0.393. The van der Waals surface area contributed by atoms with Gasteiger partial charge in [0.2, 0.25) is 0 Å². The van der Waals surface area contributed by atoms with Gasteiger partial charge >= 0.3 is 0 Å². The lowest BCUT2D eigenvalue weighted by atomic mass is 10.2. The maximum absolute atomic E-state index is 5.77. The van der Waals surface area contributed by atoms with Gasteiger partial charge in [-0.05, 0) is 18.2 Å². The van der Waals surface area contributed by atoms with Gasteiger partial charge in [0.25, 0.3) is 0 Å². The van der Waals surface area contributed by atoms with Crippen molar-refractivity contribution in [2.75, 3.05) is 5.73 Å². The number of aromatic nitrogens is 4. The summed E-state index contributed by atoms with van der Waals surface area (Å²) in [5.41, 5.74) is 7.95. The van der Waals surface area contributed by atoms with Crippen LogP contribution in [-0.2, 0) is 0 Å². The Morgan fingerprint density at radius 1 is 1.20 bits per heavy atom. The number of anilines is 1. The van der Waals surface area contributed by atoms with E-state index in [0.29, 0.717) is 11.3 Å². The fourth-order valence-electron chi connectivity index (χ4n) is 1.58. The molecule has 2 heterocycles. The lowest BCUT2D eigenvalue weighted by Gasteiger charge is -2.00. The number of nitrogens with one attached hydrogen (secondary N) is 1. The number of H-pyrrole nitrogens is 1. The van der Waals surface area contributed by atoms with Gasteiger partial charge in [0.1, 0.15) is 5.52 Å². The van der Waals surface area contributed by atoms with E-state index in [2.05, 4.69) is 36.3 Å². The zero-order chi connectivity index (χ0) is 10.4. The third-order valence-corrected chi connectivity index (χ3v) is 2.74. The number of nitrogen functional groups attached to an aromatic ring is 1. The molecular weight excluding hydrogens is 258 g/mol. The van der Waals surface area contributed by atoms with Crippen LogP contribution in [0.3, 0.4) is 0 Å². The second-order valence-electron chi connectivity index (χ2n) is 3.18. The fourth-order valence-corrected chi connectivity index (χ4v) is 1.93. The van der Waals surface area contributed by atoms with E-state index in [4.69, 9.17) is 5.73 Å². The van der Waals surface area contributed by atoms with E-state index in [0.717, 1.165) is 20.9 Å². The summed E-state index contributed by atoms with van der Waals surface area (Å²) in [5.74, 6) is 0.393. The Bertz CT molecular complexity index is 660. The topological polar surface area (TPSA) is 80.5 Å². The number of hydrogen-bond donors (Lipinski definition) is 2. The van der Waals surface area contributed by atoms with E-state index >= 15 is 0 Å². The molecule has 2 aromatic heterocycles. The first-order valence-corrected chi connectivity index (χ1v) is 5.10. The number of benzene rings is 1. The number of nitrogens with zero attached hydrogens (tertiary/aromatic N) is 3. The summed E-state index contributed by atoms with van der Waals surface area (Å²) in [5, 5.41) is 11.5. The SMILES string of the molecule is Nc1nc2cc(Br)ccc2c2n[nH]nc12. The van der Waals surface area contributed by atoms with Gasteiger partial charge in [-0.15, -0.1) is 0 Å². The highest BCUT2D eigenvalue weighted by Gasteiger charge is 2.09. The Labute approximate surface area is 92.8 Å². The third kappa shape index (κ3) is 1.18. The molecule has 5 nitrogen and oxygen atoms in total. The summed E-state index contributed by atoms with van der Waals surface area (Å²) in [4.78, 5) is 4.26. The molecule has 0 radical (unpaired) electrons. The first kappa shape index (κ1) is 8.60. The molecule has 74 valence electrons. The van der Waals surface area contributed by atoms with Crippen LogP contribution < -0.4 is 5.73 Å². The molecule has 0 unspecified atom stereocenters. The van der Waals surface area contributed by atoms with Crippen molar-refractivity contribution in [2.24, 2.45) is 0 Å². The van der Waals surface area contributed by atoms with Gasteiger partial charge in [-0.3, -0.25) is 0 Å². The molecule has 3 rings (SSSR count). The van der Waals surface area contributed by atoms with Crippen LogP contribution in [0.15, 0.2) is 22.7 Å². The molecule has 0 fully saturated rings. The van der Waals surface area contributed by atoms with E-state index in [1.165, 1.54) is 0 Å². The maximum Gasteiger partial charge on any atom is 0.155 e. The normalized spacial score (nSPS) is 11.3. The predicted octanol–water partition coefficient (Wildman–Crippen LogP) is 1.85. The number of nitrogens with two attached hydrogens (primary N) is 1. The second kappa shape index (κ2) is 2.90. The highest BCUT2D eigenvalue weighted by molar-refractivity contribution is 9.10. The minimum atomic E-state index is 0.393. The average Bonchev–Trinajstić information content (AvgIpc) is 2.66. The Hall–Kier alpha value is -1.69. The number of aromatic amines is 1. The lowest BCUT2D eigenvalue weighted by Crippen LogP contribution is -1.92. The molecular formula is C9H6BrN5. The second-order valence-corrected chi connectivity index (χ2v) is 4.10. The Kier molecular flexibility index (Phi) is 1.66. The van der Waals surface area contributed by atoms with Crippen molar-refractivity contribution in [1.29, 1.82) is 0 Å². The van der Waals surface area contributed by atoms with Gasteiger partial charge in [-0.1, -0.05) is 15.9 Å². The molecule has 0 spiro atoms. The molecule has 0 aliphatic rings. The van der Waals surface area contributed by atoms with Crippen molar-refractivity contribution in [1.82, 2.24) is 20.4 Å². The van der Waals surface area contributed by atoms with E-state index in [9.17, 15) is 0 Å². The number of halogens is 1. The highest BCUT2D eigenvalue weighted by atomic mass is 79.9. The van der Waals surface area contributed by atoms with Crippen LogP contribution in [0.25, 0.3) is 21.9 Å². The Balaban J connectivity index is 2.60. The summed E-state index contributed by atoms with van der Waals surface area (Å²) < 4.78 is 0.963. The van der Waals surface area contributed by atoms with E-state index in [1.54, 1.807) is 0 Å². The van der Waals surface area contributed by atoms with Crippen molar-refractivity contribution in [3.8, 4) is 0 Å². The summed E-state index contributed by atoms with van der Waals surface area (Å²) in [6.45, 7) is 0. The third-order valence-electron chi connectivity index (χ3n) is 2.25. The molecule has 0 saturated heterocycles. The van der Waals surface area contributed by atoms with Gasteiger partial charge in [0.05, 0.1) is 5.52 Å². The highest BCUT2D eigenvalue weighted by Crippen LogP contribution is 2.26. The van der Waals surface area contributed by atoms with Crippen LogP contribution in [0.4, 0.5) is 5.82 Å². The number of rotatable bonds is 0. The lowest BCUT2D eigenvalue weighted by molar-refractivity contribution is 0.960. The molecule has 3 aromatic rings. The first-order chi connectivity index (χ1) is 7.25. The van der Waals surface area contributed by atoms with Gasteiger partial charge in [0, 0.05) is 9.86 Å². The zero-order valence-corrected chi connectivity index (χ0v) is 9.12. The van der Waals surface area contributed by atoms with Crippen LogP contribution >= 0.6 is 15.9 Å². The van der Waals surface area contributed by atoms with Crippen LogP contribution in [0.5, 0.6) is 0 Å². The average molecular weight is 264 g/mol. The van der Waals surface area contributed by atoms with E-state index in [1.807, 2.05) is 18.2 Å². The van der Waals surface area contributed by atoms with Crippen LogP contribution in [0.1, 0.15) is 0 Å². The molecule has 0 bridgehead atoms. The molecule has 3 N–H and O–H groups in total. The van der Waals surface area contributed by atoms with Crippen molar-refractivity contribution in [2.45, 2.75) is 0 Å². The maximum atomic E-state index is 5.77. The molecule has 0 aliphatic heterocycles. The van der Waals surface area contributed by atoms with Crippen molar-refractivity contribution >= 4 is 43.7 Å². The van der Waals surface area contributed by atoms with Crippen LogP contribution in [0.2, 0.25) is 0 Å². The van der Waals surface area contributed by atoms with Gasteiger partial charge in [-0.2, -0.15) is 15.4 Å². The Morgan fingerprint density at radius 3 is 2.87 bits per heavy atom. The van der Waals surface area contributed by atoms with Crippen LogP contribution in [0, 0.1) is 0 Å². The number of pyridine rings is 1. The molecule has 0 atom stereocenters. The molecule has 15 heavy (non-hydrogen) atoms. The first-order valence-electron chi connectivity index (χ1n) is 4.31. The Morgan fingerprint density at radius 2 is 2.00 bits per heavy atom. The predicted molar refractivity (Wildman–Crippen MR) is 61.3 cm³/mol. The summed E-state index contributed by atoms with van der Waals surface area (Å²) in [6, 6.07) is 5.78. The summed E-state index contributed by atoms with van der Waals surface area (Å²) >= 11 is 3.39. The van der Waals surface area contributed by atoms with Crippen molar-refractivity contribution < 1.29 is 0 Å². The number of hydrogen-bond acceptors (Lipinski definition) is 4. The molecule has 1 aromatic carbocycles. The molecule has 6 heteroatoms. The van der Waals surface area contributed by atoms with Gasteiger partial charge in [-0.25, -0.2) is 4.98 Å². The largest absolute Gasteiger partial charge is 0.382 e. The fraction of sp³-hybridized carbons (Fsp3) is 0. The van der Waals surface area contributed by atoms with Crippen molar-refractivity contribution in [3.05, 3.63) is 22.7 Å². The van der Waals surface area contributed by atoms with E-state index < -0.39 is 0 Å². The quantitative estimate of drug-likeness (QED) is 0.649. The monoisotopic (exact) mass is 263 g/mol. The summed E-state index contributed by atoms with van der Waals surface area (Å²) in [7, 11) is 0. The van der Waals surface area contributed by atoms with E-state index in [-0.39, 0.29) is 0 Å². The smallest absolute Gasteiger partial charge is 0.155 e. The van der Waals surface area contributed by atoms with Gasteiger partial charge in [0.15, 0.2) is 11.3 Å². The number of fused-ring (bicyclic) bond motifs is 3. The molecule has 0 amide bonds. The summed E-state index contributed by atoms with van der Waals surface area (Å²) in [6.07, 6.45) is 0. The van der Waals surface area contributed by atoms with Gasteiger partial charge < -0.3 is 5.73 Å². The van der Waals surface area contributed by atoms with Crippen LogP contribution in [-0.4, -0.2) is 20.4 Å². The zero-order valence-electron chi connectivity index (χ0n) is 7.53.